The molecule has 144 valence electrons. The van der Waals surface area contributed by atoms with E-state index in [-0.39, 0.29) is 6.04 Å². The number of urea groups is 1. The van der Waals surface area contributed by atoms with Crippen LogP contribution in [0.1, 0.15) is 62.4 Å². The van der Waals surface area contributed by atoms with Crippen LogP contribution in [0.25, 0.3) is 0 Å². The van der Waals surface area contributed by atoms with Crippen molar-refractivity contribution in [2.45, 2.75) is 45.7 Å². The summed E-state index contributed by atoms with van der Waals surface area (Å²) in [5.41, 5.74) is 8.44. The van der Waals surface area contributed by atoms with Gasteiger partial charge in [0.25, 0.3) is 5.91 Å². The Balaban J connectivity index is 2.33. The van der Waals surface area contributed by atoms with Gasteiger partial charge in [0.05, 0.1) is 0 Å². The second kappa shape index (κ2) is 9.33. The van der Waals surface area contributed by atoms with Crippen molar-refractivity contribution in [2.24, 2.45) is 11.7 Å². The van der Waals surface area contributed by atoms with E-state index in [4.69, 9.17) is 5.73 Å². The first kappa shape index (κ1) is 20.6. The van der Waals surface area contributed by atoms with Gasteiger partial charge in [-0.25, -0.2) is 4.79 Å². The van der Waals surface area contributed by atoms with Crippen molar-refractivity contribution >= 4 is 11.9 Å². The van der Waals surface area contributed by atoms with E-state index in [2.05, 4.69) is 57.3 Å². The fourth-order valence-corrected chi connectivity index (χ4v) is 3.24. The summed E-state index contributed by atoms with van der Waals surface area (Å²) in [5.74, 6) is 0.361. The van der Waals surface area contributed by atoms with Gasteiger partial charge in [-0.15, -0.1) is 0 Å². The number of carbonyl (C=O) groups is 2. The Labute approximate surface area is 161 Å². The zero-order valence-corrected chi connectivity index (χ0v) is 16.5. The van der Waals surface area contributed by atoms with E-state index in [1.807, 2.05) is 35.6 Å². The van der Waals surface area contributed by atoms with Gasteiger partial charge >= 0.3 is 6.03 Å². The Bertz CT molecular complexity index is 755. The molecular weight excluding hydrogens is 338 g/mol. The molecule has 2 aromatic rings. The molecule has 2 aromatic carbocycles. The molecule has 0 aromatic heterocycles. The lowest BCUT2D eigenvalue weighted by Crippen LogP contribution is -2.89. The number of benzene rings is 2. The largest absolute Gasteiger partial charge is 0.351 e. The third-order valence-electron chi connectivity index (χ3n) is 4.79. The Hall–Kier alpha value is -2.66. The highest BCUT2D eigenvalue weighted by molar-refractivity contribution is 5.96. The SMILES string of the molecule is CC(C)c1ccc([C@H]([NH2+][C@H](C(=O)NC(N)=O)c2ccccc2)C(C)C)cc1. The van der Waals surface area contributed by atoms with E-state index in [0.717, 1.165) is 11.1 Å². The van der Waals surface area contributed by atoms with Crippen LogP contribution in [0.3, 0.4) is 0 Å². The van der Waals surface area contributed by atoms with E-state index in [1.165, 1.54) is 5.56 Å². The Morgan fingerprint density at radius 2 is 1.41 bits per heavy atom. The molecule has 3 amide bonds. The summed E-state index contributed by atoms with van der Waals surface area (Å²) < 4.78 is 0. The molecule has 0 bridgehead atoms. The van der Waals surface area contributed by atoms with Gasteiger partial charge in [-0.3, -0.25) is 10.1 Å². The standard InChI is InChI=1S/C22H29N3O2/c1-14(2)16-10-12-18(13-11-16)19(15(3)4)24-20(21(26)25-22(23)27)17-8-6-5-7-9-17/h5-15,19-20,24H,1-4H3,(H3,23,25,26,27)/p+1/t19-,20+/m1/s1. The highest BCUT2D eigenvalue weighted by Crippen LogP contribution is 2.23. The molecule has 5 N–H and O–H groups in total. The number of rotatable bonds is 7. The minimum atomic E-state index is -0.836. The van der Waals surface area contributed by atoms with Gasteiger partial charge in [0, 0.05) is 17.0 Å². The van der Waals surface area contributed by atoms with Crippen LogP contribution < -0.4 is 16.4 Å². The number of hydrogen-bond acceptors (Lipinski definition) is 2. The van der Waals surface area contributed by atoms with Crippen molar-refractivity contribution in [3.05, 3.63) is 71.3 Å². The normalized spacial score (nSPS) is 13.4. The van der Waals surface area contributed by atoms with Crippen molar-refractivity contribution < 1.29 is 14.9 Å². The number of quaternary nitrogens is 1. The minimum absolute atomic E-state index is 0.0649. The lowest BCUT2D eigenvalue weighted by molar-refractivity contribution is -0.728. The number of hydrogen-bond donors (Lipinski definition) is 3. The van der Waals surface area contributed by atoms with E-state index in [9.17, 15) is 9.59 Å². The van der Waals surface area contributed by atoms with Crippen molar-refractivity contribution in [3.8, 4) is 0 Å². The molecule has 0 saturated carbocycles. The summed E-state index contributed by atoms with van der Waals surface area (Å²) in [7, 11) is 0. The fourth-order valence-electron chi connectivity index (χ4n) is 3.24. The van der Waals surface area contributed by atoms with E-state index >= 15 is 0 Å². The average Bonchev–Trinajstić information content (AvgIpc) is 2.62. The molecule has 5 heteroatoms. The van der Waals surface area contributed by atoms with E-state index in [0.29, 0.717) is 11.8 Å². The van der Waals surface area contributed by atoms with Crippen LogP contribution in [0, 0.1) is 5.92 Å². The van der Waals surface area contributed by atoms with Crippen molar-refractivity contribution in [1.29, 1.82) is 0 Å². The lowest BCUT2D eigenvalue weighted by Gasteiger charge is -2.25. The molecule has 0 fully saturated rings. The van der Waals surface area contributed by atoms with E-state index < -0.39 is 18.0 Å². The molecule has 0 aliphatic rings. The molecule has 5 nitrogen and oxygen atoms in total. The maximum Gasteiger partial charge on any atom is 0.319 e. The molecule has 0 heterocycles. The maximum atomic E-state index is 12.6. The molecule has 2 atom stereocenters. The van der Waals surface area contributed by atoms with Crippen LogP contribution in [-0.4, -0.2) is 11.9 Å². The molecule has 0 aliphatic carbocycles. The summed E-state index contributed by atoms with van der Waals surface area (Å²) in [6, 6.07) is 16.7. The smallest absolute Gasteiger partial charge is 0.319 e. The van der Waals surface area contributed by atoms with Crippen LogP contribution in [-0.2, 0) is 4.79 Å². The number of nitrogens with two attached hydrogens (primary N) is 2. The Kier molecular flexibility index (Phi) is 7.13. The topological polar surface area (TPSA) is 88.8 Å². The van der Waals surface area contributed by atoms with E-state index in [1.54, 1.807) is 0 Å². The molecule has 0 spiro atoms. The monoisotopic (exact) mass is 368 g/mol. The van der Waals surface area contributed by atoms with Gasteiger partial charge in [0.2, 0.25) is 0 Å². The van der Waals surface area contributed by atoms with Crippen LogP contribution in [0.15, 0.2) is 54.6 Å². The van der Waals surface area contributed by atoms with Crippen molar-refractivity contribution in [1.82, 2.24) is 5.32 Å². The first-order chi connectivity index (χ1) is 12.8. The van der Waals surface area contributed by atoms with Gasteiger partial charge in [-0.1, -0.05) is 82.3 Å². The highest BCUT2D eigenvalue weighted by Gasteiger charge is 2.31. The number of primary amides is 1. The van der Waals surface area contributed by atoms with Crippen LogP contribution >= 0.6 is 0 Å². The Morgan fingerprint density at radius 1 is 0.852 bits per heavy atom. The quantitative estimate of drug-likeness (QED) is 0.701. The second-order valence-electron chi connectivity index (χ2n) is 7.53. The first-order valence-corrected chi connectivity index (χ1v) is 9.39. The van der Waals surface area contributed by atoms with Gasteiger partial charge < -0.3 is 11.1 Å². The van der Waals surface area contributed by atoms with Gasteiger partial charge in [-0.2, -0.15) is 0 Å². The van der Waals surface area contributed by atoms with Gasteiger partial charge in [0.1, 0.15) is 6.04 Å². The third kappa shape index (κ3) is 5.66. The second-order valence-corrected chi connectivity index (χ2v) is 7.53. The Morgan fingerprint density at radius 3 is 1.89 bits per heavy atom. The molecule has 27 heavy (non-hydrogen) atoms. The zero-order valence-electron chi connectivity index (χ0n) is 16.5. The maximum absolute atomic E-state index is 12.6. The molecule has 0 aliphatic heterocycles. The summed E-state index contributed by atoms with van der Waals surface area (Å²) >= 11 is 0. The number of carbonyl (C=O) groups excluding carboxylic acids is 2. The number of nitrogens with one attached hydrogen (secondary N) is 1. The average molecular weight is 369 g/mol. The van der Waals surface area contributed by atoms with Gasteiger partial charge in [-0.05, 0) is 11.5 Å². The fraction of sp³-hybridized carbons (Fsp3) is 0.364. The summed E-state index contributed by atoms with van der Waals surface area (Å²) in [6.45, 7) is 8.60. The molecular formula is C22H30N3O2+. The predicted octanol–water partition coefficient (Wildman–Crippen LogP) is 3.01. The molecule has 0 unspecified atom stereocenters. The third-order valence-corrected chi connectivity index (χ3v) is 4.79. The van der Waals surface area contributed by atoms with Crippen LogP contribution in [0.4, 0.5) is 4.79 Å². The number of amides is 3. The van der Waals surface area contributed by atoms with Crippen LogP contribution in [0.5, 0.6) is 0 Å². The highest BCUT2D eigenvalue weighted by atomic mass is 16.2. The number of imide groups is 1. The zero-order chi connectivity index (χ0) is 20.0. The molecule has 2 rings (SSSR count). The van der Waals surface area contributed by atoms with Crippen LogP contribution in [0.2, 0.25) is 0 Å². The minimum Gasteiger partial charge on any atom is -0.351 e. The van der Waals surface area contributed by atoms with Gasteiger partial charge in [0.15, 0.2) is 6.04 Å². The predicted molar refractivity (Wildman–Crippen MR) is 107 cm³/mol. The first-order valence-electron chi connectivity index (χ1n) is 9.39. The summed E-state index contributed by atoms with van der Waals surface area (Å²) in [5, 5.41) is 4.25. The summed E-state index contributed by atoms with van der Waals surface area (Å²) in [6.07, 6.45) is 0. The summed E-state index contributed by atoms with van der Waals surface area (Å²) in [4.78, 5) is 23.9. The van der Waals surface area contributed by atoms with Crippen molar-refractivity contribution in [3.63, 3.8) is 0 Å². The molecule has 0 radical (unpaired) electrons. The lowest BCUT2D eigenvalue weighted by atomic mass is 9.92. The molecule has 0 saturated heterocycles. The van der Waals surface area contributed by atoms with Crippen molar-refractivity contribution in [2.75, 3.05) is 0 Å².